The molecule has 1 aromatic heterocycles. The lowest BCUT2D eigenvalue weighted by Gasteiger charge is -2.05. The fraction of sp³-hybridized carbons (Fsp3) is 0.111. The third-order valence-corrected chi connectivity index (χ3v) is 6.33. The van der Waals surface area contributed by atoms with E-state index >= 15 is 0 Å². The summed E-state index contributed by atoms with van der Waals surface area (Å²) in [5.41, 5.74) is 0.928. The summed E-state index contributed by atoms with van der Waals surface area (Å²) in [4.78, 5) is -0.178. The molecule has 0 aliphatic heterocycles. The zero-order valence-electron chi connectivity index (χ0n) is 13.6. The Bertz CT molecular complexity index is 916. The first-order valence-electron chi connectivity index (χ1n) is 7.23. The Morgan fingerprint density at radius 2 is 1.52 bits per heavy atom. The molecule has 4 nitrogen and oxygen atoms in total. The summed E-state index contributed by atoms with van der Waals surface area (Å²) < 4.78 is 51.4. The third kappa shape index (κ3) is 6.60. The van der Waals surface area contributed by atoms with E-state index in [1.165, 1.54) is 27.8 Å². The van der Waals surface area contributed by atoms with Gasteiger partial charge in [0.1, 0.15) is 21.7 Å². The summed E-state index contributed by atoms with van der Waals surface area (Å²) in [5, 5.41) is 0. The molecule has 0 aliphatic carbocycles. The van der Waals surface area contributed by atoms with Crippen LogP contribution in [0.3, 0.4) is 0 Å². The van der Waals surface area contributed by atoms with Gasteiger partial charge in [-0.05, 0) is 56.3 Å². The number of hydrogen-bond acceptors (Lipinski definition) is 4. The standard InChI is InChI=1S/C11H9FIO.C7H8O3S/c1-8-2-7-11(14-8)13-10-5-3-9(12)4-6-10;1-6-2-4-7(5-3-6)11(8,9)10/h2-7H,1H3;2-5H,1H3,(H,8,9,10)/q+1;/p-1. The van der Waals surface area contributed by atoms with Gasteiger partial charge in [-0.15, -0.1) is 0 Å². The van der Waals surface area contributed by atoms with Gasteiger partial charge in [-0.2, -0.15) is 0 Å². The highest BCUT2D eigenvalue weighted by atomic mass is 127. The second-order valence-corrected chi connectivity index (χ2v) is 9.38. The third-order valence-electron chi connectivity index (χ3n) is 3.02. The quantitative estimate of drug-likeness (QED) is 0.415. The van der Waals surface area contributed by atoms with Gasteiger partial charge in [0.2, 0.25) is 0 Å². The summed E-state index contributed by atoms with van der Waals surface area (Å²) in [7, 11) is -4.27. The van der Waals surface area contributed by atoms with E-state index in [4.69, 9.17) is 4.42 Å². The molecule has 0 saturated carbocycles. The molecule has 0 N–H and O–H groups in total. The SMILES string of the molecule is Cc1ccc(S(=O)(=O)[O-])cc1.Cc1ccc([I+]c2ccc(F)cc2)o1. The maximum absolute atomic E-state index is 12.6. The average molecular weight is 474 g/mol. The second kappa shape index (κ2) is 8.59. The van der Waals surface area contributed by atoms with Gasteiger partial charge in [0, 0.05) is 6.07 Å². The van der Waals surface area contributed by atoms with Gasteiger partial charge < -0.3 is 8.97 Å². The van der Waals surface area contributed by atoms with Crippen molar-refractivity contribution in [3.63, 3.8) is 0 Å². The molecule has 132 valence electrons. The first kappa shape index (κ1) is 19.6. The minimum atomic E-state index is -4.27. The Labute approximate surface area is 156 Å². The van der Waals surface area contributed by atoms with Crippen LogP contribution in [-0.2, 0) is 10.1 Å². The van der Waals surface area contributed by atoms with E-state index in [0.29, 0.717) is 0 Å². The lowest BCUT2D eigenvalue weighted by atomic mass is 10.2. The van der Waals surface area contributed by atoms with Gasteiger partial charge in [-0.25, -0.2) is 12.8 Å². The molecule has 0 bridgehead atoms. The van der Waals surface area contributed by atoms with Crippen LogP contribution in [0.2, 0.25) is 0 Å². The molecule has 0 amide bonds. The second-order valence-electron chi connectivity index (χ2n) is 5.15. The van der Waals surface area contributed by atoms with E-state index in [9.17, 15) is 17.4 Å². The van der Waals surface area contributed by atoms with Crippen LogP contribution in [-0.4, -0.2) is 13.0 Å². The van der Waals surface area contributed by atoms with Gasteiger partial charge in [0.05, 0.1) is 4.90 Å². The monoisotopic (exact) mass is 474 g/mol. The fourth-order valence-corrected chi connectivity index (χ4v) is 4.38. The molecular formula is C18H16FIO4S. The normalized spacial score (nSPS) is 10.9. The maximum Gasteiger partial charge on any atom is 0.400 e. The number of halogens is 2. The Kier molecular flexibility index (Phi) is 6.74. The lowest BCUT2D eigenvalue weighted by Crippen LogP contribution is -3.61. The molecule has 7 heteroatoms. The molecule has 0 radical (unpaired) electrons. The zero-order chi connectivity index (χ0) is 18.4. The minimum Gasteiger partial charge on any atom is -0.744 e. The van der Waals surface area contributed by atoms with Crippen molar-refractivity contribution in [1.29, 1.82) is 0 Å². The van der Waals surface area contributed by atoms with E-state index in [1.807, 2.05) is 38.1 Å². The van der Waals surface area contributed by atoms with Gasteiger partial charge in [0.15, 0.2) is 3.57 Å². The molecule has 1 heterocycles. The predicted octanol–water partition coefficient (Wildman–Crippen LogP) is 0.755. The van der Waals surface area contributed by atoms with Crippen molar-refractivity contribution in [1.82, 2.24) is 0 Å². The van der Waals surface area contributed by atoms with Crippen molar-refractivity contribution >= 4 is 10.1 Å². The Morgan fingerprint density at radius 3 is 2.00 bits per heavy atom. The van der Waals surface area contributed by atoms with Crippen LogP contribution in [0.5, 0.6) is 0 Å². The molecule has 25 heavy (non-hydrogen) atoms. The van der Waals surface area contributed by atoms with Crippen LogP contribution < -0.4 is 21.2 Å². The average Bonchev–Trinajstić information content (AvgIpc) is 2.95. The summed E-state index contributed by atoms with van der Waals surface area (Å²) in [6.07, 6.45) is 0. The maximum atomic E-state index is 12.6. The summed E-state index contributed by atoms with van der Waals surface area (Å²) in [6.45, 7) is 3.75. The molecule has 3 rings (SSSR count). The van der Waals surface area contributed by atoms with Gasteiger partial charge in [0.25, 0.3) is 0 Å². The zero-order valence-corrected chi connectivity index (χ0v) is 16.5. The number of aryl methyl sites for hydroxylation is 2. The van der Waals surface area contributed by atoms with Crippen molar-refractivity contribution in [2.75, 3.05) is 0 Å². The summed E-state index contributed by atoms with van der Waals surface area (Å²) in [6, 6.07) is 16.4. The molecule has 0 aliphatic rings. The fourth-order valence-electron chi connectivity index (χ4n) is 1.76. The van der Waals surface area contributed by atoms with E-state index in [1.54, 1.807) is 12.1 Å². The van der Waals surface area contributed by atoms with E-state index in [0.717, 1.165) is 15.1 Å². The molecule has 0 saturated heterocycles. The first-order chi connectivity index (χ1) is 11.7. The molecule has 2 aromatic carbocycles. The molecule has 0 fully saturated rings. The molecule has 0 unspecified atom stereocenters. The minimum absolute atomic E-state index is 0.178. The topological polar surface area (TPSA) is 70.3 Å². The molecule has 0 atom stereocenters. The lowest BCUT2D eigenvalue weighted by molar-refractivity contribution is -0.617. The molecule has 3 aromatic rings. The number of benzene rings is 2. The highest BCUT2D eigenvalue weighted by molar-refractivity contribution is 7.85. The first-order valence-corrected chi connectivity index (χ1v) is 10.8. The predicted molar refractivity (Wildman–Crippen MR) is 86.4 cm³/mol. The Hall–Kier alpha value is -1.71. The number of furan rings is 1. The highest BCUT2D eigenvalue weighted by Gasteiger charge is 2.19. The number of hydrogen-bond donors (Lipinski definition) is 0. The summed E-state index contributed by atoms with van der Waals surface area (Å²) >= 11 is -0.297. The van der Waals surface area contributed by atoms with E-state index in [-0.39, 0.29) is 31.9 Å². The van der Waals surface area contributed by atoms with E-state index in [2.05, 4.69) is 0 Å². The van der Waals surface area contributed by atoms with Crippen LogP contribution in [0, 0.1) is 27.0 Å². The van der Waals surface area contributed by atoms with Gasteiger partial charge in [-0.1, -0.05) is 17.7 Å². The van der Waals surface area contributed by atoms with Crippen molar-refractivity contribution in [2.24, 2.45) is 0 Å². The highest BCUT2D eigenvalue weighted by Crippen LogP contribution is 2.08. The summed E-state index contributed by atoms with van der Waals surface area (Å²) in [5.74, 6) is 0.746. The van der Waals surface area contributed by atoms with Crippen LogP contribution in [0.25, 0.3) is 0 Å². The van der Waals surface area contributed by atoms with Crippen molar-refractivity contribution < 1.29 is 43.0 Å². The van der Waals surface area contributed by atoms with Gasteiger partial charge in [-0.3, -0.25) is 0 Å². The Balaban J connectivity index is 0.000000186. The smallest absolute Gasteiger partial charge is 0.400 e. The van der Waals surface area contributed by atoms with Crippen LogP contribution >= 0.6 is 0 Å². The van der Waals surface area contributed by atoms with Crippen LogP contribution in [0.4, 0.5) is 4.39 Å². The molecule has 0 spiro atoms. The van der Waals surface area contributed by atoms with E-state index < -0.39 is 10.1 Å². The van der Waals surface area contributed by atoms with Crippen LogP contribution in [0.1, 0.15) is 11.3 Å². The largest absolute Gasteiger partial charge is 0.744 e. The van der Waals surface area contributed by atoms with Crippen molar-refractivity contribution in [2.45, 2.75) is 18.7 Å². The Morgan fingerprint density at radius 1 is 0.920 bits per heavy atom. The van der Waals surface area contributed by atoms with Crippen molar-refractivity contribution in [3.8, 4) is 0 Å². The van der Waals surface area contributed by atoms with Crippen molar-refractivity contribution in [3.05, 3.63) is 85.1 Å². The number of rotatable bonds is 3. The molecular weight excluding hydrogens is 458 g/mol. The van der Waals surface area contributed by atoms with Crippen LogP contribution in [0.15, 0.2) is 70.0 Å². The van der Waals surface area contributed by atoms with Gasteiger partial charge >= 0.3 is 25.0 Å².